The Kier molecular flexibility index (Phi) is 13.5. The van der Waals surface area contributed by atoms with Gasteiger partial charge in [-0.25, -0.2) is 0 Å². The van der Waals surface area contributed by atoms with E-state index in [2.05, 4.69) is 22.8 Å². The Hall–Kier alpha value is 2.03. The molecule has 0 aliphatic rings. The van der Waals surface area contributed by atoms with Crippen LogP contribution < -0.4 is 0 Å². The molecule has 0 saturated heterocycles. The third kappa shape index (κ3) is 11.5. The van der Waals surface area contributed by atoms with Crippen LogP contribution in [0, 0.1) is 0 Å². The fraction of sp³-hybridized carbons (Fsp3) is 0. The summed E-state index contributed by atoms with van der Waals surface area (Å²) >= 11 is 8.38. The lowest BCUT2D eigenvalue weighted by Crippen LogP contribution is -1.65. The van der Waals surface area contributed by atoms with Crippen molar-refractivity contribution in [1.82, 2.24) is 0 Å². The monoisotopic (exact) mass is 206 g/mol. The first-order valence-electron chi connectivity index (χ1n) is 0.918. The summed E-state index contributed by atoms with van der Waals surface area (Å²) in [6, 6.07) is 0. The van der Waals surface area contributed by atoms with Gasteiger partial charge in [-0.05, 0) is 19.7 Å². The summed E-state index contributed by atoms with van der Waals surface area (Å²) in [6.45, 7) is 0. The van der Waals surface area contributed by atoms with Crippen LogP contribution in [0.25, 0.3) is 0 Å². The maximum atomic E-state index is 5.14. The van der Waals surface area contributed by atoms with E-state index in [4.69, 9.17) is 7.12 Å². The third-order valence-corrected chi connectivity index (χ3v) is 5.78. The van der Waals surface area contributed by atoms with E-state index in [0.29, 0.717) is 0 Å². The first kappa shape index (κ1) is 11.8. The van der Waals surface area contributed by atoms with E-state index in [0.717, 1.165) is 0 Å². The molecule has 0 nitrogen and oxygen atoms in total. The van der Waals surface area contributed by atoms with Crippen LogP contribution in [0.1, 0.15) is 0 Å². The second-order valence-electron chi connectivity index (χ2n) is 0.403. The lowest BCUT2D eigenvalue weighted by Gasteiger charge is -1.85. The van der Waals surface area contributed by atoms with Crippen molar-refractivity contribution in [2.45, 2.75) is 0 Å². The molecular formula is H3BS6. The lowest BCUT2D eigenvalue weighted by molar-refractivity contribution is 5.11. The van der Waals surface area contributed by atoms with Gasteiger partial charge in [0, 0.05) is 0 Å². The summed E-state index contributed by atoms with van der Waals surface area (Å²) in [5.41, 5.74) is 0. The van der Waals surface area contributed by atoms with E-state index < -0.39 is 8.34 Å². The Morgan fingerprint density at radius 3 is 2.14 bits per heavy atom. The normalized spacial score (nSPS) is 12.1. The molecule has 7 heavy (non-hydrogen) atoms. The molecule has 0 rings (SSSR count). The van der Waals surface area contributed by atoms with Crippen LogP contribution in [0.2, 0.25) is 0 Å². The molecule has 0 aromatic heterocycles. The average molecular weight is 206 g/mol. The number of thiol groups is 1. The van der Waals surface area contributed by atoms with E-state index >= 15 is 0 Å². The summed E-state index contributed by atoms with van der Waals surface area (Å²) in [6.07, 6.45) is 0. The Labute approximate surface area is 70.9 Å². The molecule has 0 aromatic carbocycles. The zero-order chi connectivity index (χ0) is 4.99. The molecule has 42 valence electrons. The average Bonchev–Trinajstić information content (AvgIpc) is 1.35. The van der Waals surface area contributed by atoms with Gasteiger partial charge in [0.1, 0.15) is 0 Å². The first-order chi connectivity index (χ1) is 2.77. The molecule has 0 aromatic rings. The zero-order valence-electron chi connectivity index (χ0n) is 3.16. The van der Waals surface area contributed by atoms with Gasteiger partial charge in [0.25, 0.3) is 0 Å². The van der Waals surface area contributed by atoms with Crippen molar-refractivity contribution in [3.8, 4) is 0 Å². The Bertz CT molecular complexity index is 48.1. The predicted octanol–water partition coefficient (Wildman–Crippen LogP) is 1.40. The number of hydrogen-bond acceptors (Lipinski definition) is 4. The summed E-state index contributed by atoms with van der Waals surface area (Å²) in [5, 5.41) is 0. The van der Waals surface area contributed by atoms with E-state index in [1.54, 1.807) is 0 Å². The van der Waals surface area contributed by atoms with Crippen LogP contribution in [0.4, 0.5) is 0 Å². The van der Waals surface area contributed by atoms with Crippen LogP contribution >= 0.6 is 44.8 Å². The summed E-state index contributed by atoms with van der Waals surface area (Å²) in [5.74, 6) is 0. The van der Waals surface area contributed by atoms with Crippen molar-refractivity contribution in [3.63, 3.8) is 0 Å². The van der Waals surface area contributed by atoms with Gasteiger partial charge >= 0.3 is 0 Å². The smallest absolute Gasteiger partial charge is 0.186 e. The third-order valence-electron chi connectivity index (χ3n) is 0.0975. The minimum absolute atomic E-state index is 0. The molecule has 7 heteroatoms. The number of rotatable bonds is 2. The molecule has 0 fully saturated rings. The standard InChI is InChI=1S/BHS5.H2S/c1-6(3)5-4-2;/h2H;1H2. The van der Waals surface area contributed by atoms with Gasteiger partial charge < -0.3 is 0 Å². The Morgan fingerprint density at radius 2 is 2.14 bits per heavy atom. The molecular weight excluding hydrogens is 203 g/mol. The van der Waals surface area contributed by atoms with Gasteiger partial charge in [-0.3, -0.25) is 0 Å². The maximum absolute atomic E-state index is 5.14. The van der Waals surface area contributed by atoms with Gasteiger partial charge in [0.15, 0.2) is 7.12 Å². The highest BCUT2D eigenvalue weighted by molar-refractivity contribution is 9.27. The van der Waals surface area contributed by atoms with Crippen LogP contribution in [-0.4, -0.2) is 7.12 Å². The van der Waals surface area contributed by atoms with Crippen molar-refractivity contribution >= 4 is 71.5 Å². The SMILES string of the molecule is S.[B]S(=S)SSS. The zero-order valence-corrected chi connectivity index (χ0v) is 8.32. The van der Waals surface area contributed by atoms with Crippen LogP contribution in [0.15, 0.2) is 0 Å². The quantitative estimate of drug-likeness (QED) is 0.412. The minimum Gasteiger partial charge on any atom is -0.197 e. The molecule has 0 amide bonds. The summed E-state index contributed by atoms with van der Waals surface area (Å²) < 4.78 is 0. The van der Waals surface area contributed by atoms with Gasteiger partial charge in [-0.2, -0.15) is 13.5 Å². The van der Waals surface area contributed by atoms with Gasteiger partial charge in [-0.1, -0.05) is 22.8 Å². The lowest BCUT2D eigenvalue weighted by atomic mass is 10.8. The Balaban J connectivity index is 0. The highest BCUT2D eigenvalue weighted by Crippen LogP contribution is 2.26. The van der Waals surface area contributed by atoms with E-state index in [1.165, 1.54) is 19.7 Å². The molecule has 0 aliphatic carbocycles. The van der Waals surface area contributed by atoms with E-state index in [-0.39, 0.29) is 13.5 Å². The molecule has 2 radical (unpaired) electrons. The van der Waals surface area contributed by atoms with Gasteiger partial charge in [0.05, 0.1) is 0 Å². The van der Waals surface area contributed by atoms with E-state index in [1.807, 2.05) is 0 Å². The highest BCUT2D eigenvalue weighted by Gasteiger charge is 1.78. The molecule has 0 bridgehead atoms. The van der Waals surface area contributed by atoms with Crippen LogP contribution in [0.3, 0.4) is 0 Å². The topological polar surface area (TPSA) is 0 Å². The van der Waals surface area contributed by atoms with Crippen molar-refractivity contribution < 1.29 is 0 Å². The van der Waals surface area contributed by atoms with Crippen LogP contribution in [-0.2, 0) is 19.5 Å². The van der Waals surface area contributed by atoms with Crippen molar-refractivity contribution in [3.05, 3.63) is 0 Å². The molecule has 0 aliphatic heterocycles. The maximum Gasteiger partial charge on any atom is 0.186 e. The Morgan fingerprint density at radius 1 is 1.71 bits per heavy atom. The molecule has 0 N–H and O–H groups in total. The van der Waals surface area contributed by atoms with Crippen molar-refractivity contribution in [2.75, 3.05) is 0 Å². The second kappa shape index (κ2) is 8.03. The largest absolute Gasteiger partial charge is 0.197 e. The first-order valence-corrected chi connectivity index (χ1v) is 6.85. The van der Waals surface area contributed by atoms with Gasteiger partial charge in [-0.15, -0.1) is 8.34 Å². The predicted molar refractivity (Wildman–Crippen MR) is 55.0 cm³/mol. The molecule has 0 heterocycles. The minimum atomic E-state index is -0.429. The molecule has 1 unspecified atom stereocenters. The highest BCUT2D eigenvalue weighted by atomic mass is 33.7. The fourth-order valence-corrected chi connectivity index (χ4v) is 4.44. The van der Waals surface area contributed by atoms with Crippen molar-refractivity contribution in [2.24, 2.45) is 0 Å². The molecule has 0 saturated carbocycles. The second-order valence-corrected chi connectivity index (χ2v) is 7.42. The molecule has 0 spiro atoms. The van der Waals surface area contributed by atoms with Gasteiger partial charge in [0.2, 0.25) is 0 Å². The van der Waals surface area contributed by atoms with E-state index in [9.17, 15) is 0 Å². The summed E-state index contributed by atoms with van der Waals surface area (Å²) in [7, 11) is 7.40. The fourth-order valence-electron chi connectivity index (χ4n) is 0.0300. The summed E-state index contributed by atoms with van der Waals surface area (Å²) in [4.78, 5) is 0. The number of hydrogen-bond donors (Lipinski definition) is 1. The van der Waals surface area contributed by atoms with Crippen molar-refractivity contribution in [1.29, 1.82) is 0 Å². The van der Waals surface area contributed by atoms with Crippen LogP contribution in [0.5, 0.6) is 0 Å². The molecule has 1 atom stereocenters.